The zero-order chi connectivity index (χ0) is 12.0. The van der Waals surface area contributed by atoms with E-state index in [4.69, 9.17) is 5.11 Å². The lowest BCUT2D eigenvalue weighted by Crippen LogP contribution is -2.12. The molecule has 2 aliphatic carbocycles. The van der Waals surface area contributed by atoms with Crippen molar-refractivity contribution in [3.05, 3.63) is 48.5 Å². The predicted molar refractivity (Wildman–Crippen MR) is 56.2 cm³/mol. The van der Waals surface area contributed by atoms with E-state index in [1.54, 1.807) is 0 Å². The fourth-order valence-corrected chi connectivity index (χ4v) is 1.13. The Balaban J connectivity index is 0.000000187. The van der Waals surface area contributed by atoms with Gasteiger partial charge >= 0.3 is 6.18 Å². The highest BCUT2D eigenvalue weighted by molar-refractivity contribution is 5.65. The fraction of sp³-hybridized carbons (Fsp3) is 0.167. The molecule has 0 aromatic rings. The Morgan fingerprint density at radius 1 is 0.812 bits per heavy atom. The highest BCUT2D eigenvalue weighted by atomic mass is 19.4. The number of fused-ring (bicyclic) bond motifs is 1. The Kier molecular flexibility index (Phi) is 4.31. The summed E-state index contributed by atoms with van der Waals surface area (Å²) in [5.74, 6) is 0. The minimum Gasteiger partial charge on any atom is -0.387 e. The van der Waals surface area contributed by atoms with Crippen LogP contribution in [0.3, 0.4) is 0 Å². The Labute approximate surface area is 91.5 Å². The molecule has 0 unspecified atom stereocenters. The summed E-state index contributed by atoms with van der Waals surface area (Å²) < 4.78 is 31.6. The molecule has 4 heteroatoms. The normalized spacial score (nSPS) is 10.8. The van der Waals surface area contributed by atoms with Gasteiger partial charge in [0.15, 0.2) is 0 Å². The Morgan fingerprint density at radius 3 is 1.56 bits per heavy atom. The van der Waals surface area contributed by atoms with Crippen molar-refractivity contribution in [3.63, 3.8) is 0 Å². The molecule has 0 spiro atoms. The first kappa shape index (κ1) is 12.5. The number of aliphatic hydroxyl groups excluding tert-OH is 1. The van der Waals surface area contributed by atoms with Gasteiger partial charge in [0.25, 0.3) is 0 Å². The topological polar surface area (TPSA) is 20.2 Å². The molecule has 86 valence electrons. The lowest BCUT2D eigenvalue weighted by atomic mass is 10.2. The third-order valence-electron chi connectivity index (χ3n) is 1.84. The predicted octanol–water partition coefficient (Wildman–Crippen LogP) is 3.33. The van der Waals surface area contributed by atoms with E-state index >= 15 is 0 Å². The SMILES string of the molecule is OCC(F)(F)F.c1ccc2cccc-2cc1. The fourth-order valence-electron chi connectivity index (χ4n) is 1.13. The average Bonchev–Trinajstić information content (AvgIpc) is 2.55. The Bertz CT molecular complexity index is 370. The van der Waals surface area contributed by atoms with Crippen LogP contribution in [0.5, 0.6) is 0 Å². The van der Waals surface area contributed by atoms with E-state index in [0.29, 0.717) is 0 Å². The van der Waals surface area contributed by atoms with Crippen molar-refractivity contribution in [2.24, 2.45) is 0 Å². The van der Waals surface area contributed by atoms with E-state index in [0.717, 1.165) is 0 Å². The van der Waals surface area contributed by atoms with Crippen LogP contribution in [0, 0.1) is 0 Å². The molecule has 2 rings (SSSR count). The van der Waals surface area contributed by atoms with Crippen LogP contribution in [0.15, 0.2) is 48.5 Å². The van der Waals surface area contributed by atoms with Gasteiger partial charge in [-0.1, -0.05) is 48.5 Å². The molecule has 0 fully saturated rings. The van der Waals surface area contributed by atoms with Gasteiger partial charge in [-0.05, 0) is 11.1 Å². The van der Waals surface area contributed by atoms with Crippen LogP contribution in [0.4, 0.5) is 13.2 Å². The Hall–Kier alpha value is -1.55. The van der Waals surface area contributed by atoms with Crippen LogP contribution in [-0.4, -0.2) is 17.9 Å². The molecular formula is C12H11F3O. The summed E-state index contributed by atoms with van der Waals surface area (Å²) >= 11 is 0. The van der Waals surface area contributed by atoms with Gasteiger partial charge in [0.1, 0.15) is 6.61 Å². The van der Waals surface area contributed by atoms with E-state index in [1.165, 1.54) is 11.1 Å². The number of aliphatic hydroxyl groups is 1. The summed E-state index contributed by atoms with van der Waals surface area (Å²) in [6.45, 7) is -1.73. The van der Waals surface area contributed by atoms with Gasteiger partial charge < -0.3 is 5.11 Å². The number of alkyl halides is 3. The third-order valence-corrected chi connectivity index (χ3v) is 1.84. The van der Waals surface area contributed by atoms with E-state index < -0.39 is 12.8 Å². The molecule has 16 heavy (non-hydrogen) atoms. The van der Waals surface area contributed by atoms with E-state index in [1.807, 2.05) is 6.07 Å². The molecule has 0 amide bonds. The molecule has 0 heterocycles. The van der Waals surface area contributed by atoms with Gasteiger partial charge in [0, 0.05) is 0 Å². The molecule has 1 N–H and O–H groups in total. The van der Waals surface area contributed by atoms with Crippen molar-refractivity contribution < 1.29 is 18.3 Å². The van der Waals surface area contributed by atoms with Crippen molar-refractivity contribution in [2.75, 3.05) is 6.61 Å². The summed E-state index contributed by atoms with van der Waals surface area (Å²) in [6.07, 6.45) is -4.40. The monoisotopic (exact) mass is 228 g/mol. The average molecular weight is 228 g/mol. The molecule has 0 aromatic heterocycles. The van der Waals surface area contributed by atoms with Gasteiger partial charge in [-0.3, -0.25) is 0 Å². The summed E-state index contributed by atoms with van der Waals surface area (Å²) in [5, 5.41) is 7.28. The maximum atomic E-state index is 10.5. The van der Waals surface area contributed by atoms with Gasteiger partial charge in [0.2, 0.25) is 0 Å². The van der Waals surface area contributed by atoms with Gasteiger partial charge in [0.05, 0.1) is 0 Å². The number of hydrogen-bond donors (Lipinski definition) is 1. The second-order valence-corrected chi connectivity index (χ2v) is 3.12. The first-order valence-electron chi connectivity index (χ1n) is 4.64. The van der Waals surface area contributed by atoms with Crippen molar-refractivity contribution in [3.8, 4) is 11.1 Å². The van der Waals surface area contributed by atoms with E-state index in [-0.39, 0.29) is 0 Å². The maximum absolute atomic E-state index is 10.5. The molecule has 0 aromatic carbocycles. The molecule has 0 saturated carbocycles. The highest BCUT2D eigenvalue weighted by Gasteiger charge is 2.24. The van der Waals surface area contributed by atoms with Gasteiger partial charge in [-0.25, -0.2) is 0 Å². The summed E-state index contributed by atoms with van der Waals surface area (Å²) in [5.41, 5.74) is 2.62. The Morgan fingerprint density at radius 2 is 1.19 bits per heavy atom. The van der Waals surface area contributed by atoms with Crippen LogP contribution in [0.25, 0.3) is 11.1 Å². The molecule has 1 nitrogen and oxygen atoms in total. The zero-order valence-corrected chi connectivity index (χ0v) is 8.41. The lowest BCUT2D eigenvalue weighted by molar-refractivity contribution is -0.159. The van der Waals surface area contributed by atoms with Crippen molar-refractivity contribution in [1.82, 2.24) is 0 Å². The number of rotatable bonds is 0. The quantitative estimate of drug-likeness (QED) is 0.733. The van der Waals surface area contributed by atoms with E-state index in [2.05, 4.69) is 42.5 Å². The van der Waals surface area contributed by atoms with Crippen molar-refractivity contribution >= 4 is 0 Å². The van der Waals surface area contributed by atoms with Gasteiger partial charge in [-0.2, -0.15) is 13.2 Å². The third kappa shape index (κ3) is 4.31. The molecule has 0 atom stereocenters. The van der Waals surface area contributed by atoms with Crippen LogP contribution >= 0.6 is 0 Å². The molecule has 2 aliphatic rings. The summed E-state index contributed by atoms with van der Waals surface area (Å²) in [7, 11) is 0. The van der Waals surface area contributed by atoms with Crippen molar-refractivity contribution in [1.29, 1.82) is 0 Å². The van der Waals surface area contributed by atoms with E-state index in [9.17, 15) is 13.2 Å². The number of hydrogen-bond acceptors (Lipinski definition) is 1. The zero-order valence-electron chi connectivity index (χ0n) is 8.41. The highest BCUT2D eigenvalue weighted by Crippen LogP contribution is 2.19. The summed E-state index contributed by atoms with van der Waals surface area (Å²) in [4.78, 5) is 0. The lowest BCUT2D eigenvalue weighted by Gasteiger charge is -1.95. The largest absolute Gasteiger partial charge is 0.411 e. The molecule has 0 radical (unpaired) electrons. The van der Waals surface area contributed by atoms with Crippen LogP contribution < -0.4 is 0 Å². The molecule has 0 aliphatic heterocycles. The second-order valence-electron chi connectivity index (χ2n) is 3.12. The number of halogens is 3. The van der Waals surface area contributed by atoms with Gasteiger partial charge in [-0.15, -0.1) is 0 Å². The maximum Gasteiger partial charge on any atom is 0.411 e. The molecule has 0 saturated heterocycles. The van der Waals surface area contributed by atoms with Crippen LogP contribution in [0.1, 0.15) is 0 Å². The second kappa shape index (κ2) is 5.51. The molecule has 0 bridgehead atoms. The molecular weight excluding hydrogens is 217 g/mol. The smallest absolute Gasteiger partial charge is 0.387 e. The van der Waals surface area contributed by atoms with Crippen LogP contribution in [-0.2, 0) is 0 Å². The standard InChI is InChI=1S/C10H8.C2H3F3O/c1-2-5-9-7-4-8-10(9)6-3-1;3-2(4,5)1-6/h1-8H;6H,1H2. The first-order chi connectivity index (χ1) is 7.53. The summed E-state index contributed by atoms with van der Waals surface area (Å²) in [6, 6.07) is 16.7. The minimum absolute atomic E-state index is 1.31. The van der Waals surface area contributed by atoms with Crippen LogP contribution in [0.2, 0.25) is 0 Å². The minimum atomic E-state index is -4.40. The van der Waals surface area contributed by atoms with Crippen molar-refractivity contribution in [2.45, 2.75) is 6.18 Å². The first-order valence-corrected chi connectivity index (χ1v) is 4.64.